The summed E-state index contributed by atoms with van der Waals surface area (Å²) in [7, 11) is -1.01. The molecule has 1 aromatic heterocycles. The molecular formula is C19H23F3N4O4S. The number of nitrogens with one attached hydrogen (secondary N) is 1. The van der Waals surface area contributed by atoms with E-state index in [1.54, 1.807) is 0 Å². The van der Waals surface area contributed by atoms with Gasteiger partial charge in [-0.1, -0.05) is 0 Å². The van der Waals surface area contributed by atoms with Crippen molar-refractivity contribution < 1.29 is 31.5 Å². The molecule has 1 atom stereocenters. The Morgan fingerprint density at radius 3 is 2.65 bits per heavy atom. The Morgan fingerprint density at radius 2 is 2.03 bits per heavy atom. The van der Waals surface area contributed by atoms with Crippen molar-refractivity contribution in [3.63, 3.8) is 0 Å². The summed E-state index contributed by atoms with van der Waals surface area (Å²) >= 11 is 0. The minimum Gasteiger partial charge on any atom is -0.480 e. The van der Waals surface area contributed by atoms with E-state index >= 15 is 0 Å². The number of aliphatic carboxylic acids is 1. The molecule has 8 nitrogen and oxygen atoms in total. The molecule has 31 heavy (non-hydrogen) atoms. The molecule has 1 heterocycles. The van der Waals surface area contributed by atoms with Crippen LogP contribution in [0.3, 0.4) is 0 Å². The van der Waals surface area contributed by atoms with Gasteiger partial charge >= 0.3 is 12.1 Å². The zero-order valence-electron chi connectivity index (χ0n) is 17.0. The van der Waals surface area contributed by atoms with E-state index in [0.717, 1.165) is 11.8 Å². The van der Waals surface area contributed by atoms with Crippen LogP contribution in [-0.4, -0.2) is 49.2 Å². The molecule has 2 N–H and O–H groups in total. The highest BCUT2D eigenvalue weighted by molar-refractivity contribution is 7.91. The monoisotopic (exact) mass is 460 g/mol. The Kier molecular flexibility index (Phi) is 6.33. The molecule has 12 heteroatoms. The number of anilines is 1. The number of carboxylic acid groups (broad SMARTS) is 1. The molecular weight excluding hydrogens is 437 g/mol. The summed E-state index contributed by atoms with van der Waals surface area (Å²) < 4.78 is 66.8. The van der Waals surface area contributed by atoms with Gasteiger partial charge in [0.15, 0.2) is 9.84 Å². The van der Waals surface area contributed by atoms with Crippen LogP contribution < -0.4 is 10.2 Å². The summed E-state index contributed by atoms with van der Waals surface area (Å²) in [5.41, 5.74) is 0.522. The summed E-state index contributed by atoms with van der Waals surface area (Å²) in [5, 5.41) is 16.0. The second kappa shape index (κ2) is 8.50. The van der Waals surface area contributed by atoms with Crippen molar-refractivity contribution in [1.29, 1.82) is 0 Å². The normalized spacial score (nSPS) is 16.7. The Morgan fingerprint density at radius 1 is 1.32 bits per heavy atom. The number of fused-ring (bicyclic) bond motifs is 1. The van der Waals surface area contributed by atoms with E-state index in [9.17, 15) is 26.4 Å². The van der Waals surface area contributed by atoms with Gasteiger partial charge in [-0.05, 0) is 37.5 Å². The molecule has 0 unspecified atom stereocenters. The Labute approximate surface area is 177 Å². The van der Waals surface area contributed by atoms with Gasteiger partial charge in [0.2, 0.25) is 0 Å². The number of hydrogen-bond acceptors (Lipinski definition) is 6. The molecule has 1 aliphatic carbocycles. The maximum Gasteiger partial charge on any atom is 0.416 e. The summed E-state index contributed by atoms with van der Waals surface area (Å²) in [5.74, 6) is -1.60. The lowest BCUT2D eigenvalue weighted by Gasteiger charge is -2.24. The van der Waals surface area contributed by atoms with Crippen LogP contribution in [0.5, 0.6) is 0 Å². The highest BCUT2D eigenvalue weighted by Crippen LogP contribution is 2.34. The fourth-order valence-corrected chi connectivity index (χ4v) is 4.77. The first kappa shape index (κ1) is 23.1. The van der Waals surface area contributed by atoms with Gasteiger partial charge in [0.25, 0.3) is 0 Å². The van der Waals surface area contributed by atoms with Crippen LogP contribution >= 0.6 is 0 Å². The van der Waals surface area contributed by atoms with Crippen molar-refractivity contribution >= 4 is 21.5 Å². The lowest BCUT2D eigenvalue weighted by Crippen LogP contribution is -2.30. The molecule has 170 valence electrons. The van der Waals surface area contributed by atoms with Crippen LogP contribution in [0, 0.1) is 0 Å². The van der Waals surface area contributed by atoms with Crippen molar-refractivity contribution in [2.24, 2.45) is 0 Å². The minimum absolute atomic E-state index is 0.128. The van der Waals surface area contributed by atoms with E-state index in [-0.39, 0.29) is 18.3 Å². The minimum atomic E-state index is -4.68. The van der Waals surface area contributed by atoms with Crippen LogP contribution in [0.2, 0.25) is 0 Å². The van der Waals surface area contributed by atoms with E-state index in [4.69, 9.17) is 5.11 Å². The third-order valence-electron chi connectivity index (χ3n) is 5.16. The number of benzene rings is 1. The average Bonchev–Trinajstić information content (AvgIpc) is 3.08. The number of halogens is 3. The number of nitrogens with zero attached hydrogens (tertiary/aromatic N) is 3. The zero-order valence-corrected chi connectivity index (χ0v) is 17.8. The van der Waals surface area contributed by atoms with Gasteiger partial charge in [0.05, 0.1) is 16.7 Å². The van der Waals surface area contributed by atoms with E-state index < -0.39 is 38.3 Å². The number of carbonyl (C=O) groups is 1. The summed E-state index contributed by atoms with van der Waals surface area (Å²) in [6.45, 7) is -0.294. The van der Waals surface area contributed by atoms with Crippen LogP contribution in [-0.2, 0) is 33.8 Å². The van der Waals surface area contributed by atoms with Gasteiger partial charge in [-0.15, -0.1) is 0 Å². The molecule has 0 saturated carbocycles. The number of carboxylic acids is 1. The molecule has 0 bridgehead atoms. The number of sulfone groups is 1. The maximum absolute atomic E-state index is 13.3. The molecule has 3 rings (SSSR count). The topological polar surface area (TPSA) is 105 Å². The lowest BCUT2D eigenvalue weighted by molar-refractivity contribution is -0.138. The largest absolute Gasteiger partial charge is 0.480 e. The second-order valence-electron chi connectivity index (χ2n) is 7.61. The van der Waals surface area contributed by atoms with Gasteiger partial charge in [0.1, 0.15) is 12.4 Å². The third kappa shape index (κ3) is 5.18. The van der Waals surface area contributed by atoms with Crippen LogP contribution in [0.15, 0.2) is 29.3 Å². The molecule has 0 spiro atoms. The number of hydrogen-bond donors (Lipinski definition) is 2. The van der Waals surface area contributed by atoms with Crippen LogP contribution in [0.1, 0.15) is 35.7 Å². The highest BCUT2D eigenvalue weighted by Gasteiger charge is 2.33. The van der Waals surface area contributed by atoms with Crippen molar-refractivity contribution in [2.45, 2.75) is 42.9 Å². The highest BCUT2D eigenvalue weighted by atomic mass is 32.2. The first-order valence-electron chi connectivity index (χ1n) is 9.50. The zero-order chi connectivity index (χ0) is 23.0. The molecule has 1 aliphatic rings. The van der Waals surface area contributed by atoms with Crippen molar-refractivity contribution in [2.75, 3.05) is 24.9 Å². The van der Waals surface area contributed by atoms with Gasteiger partial charge in [0, 0.05) is 37.1 Å². The Bertz CT molecular complexity index is 1080. The molecule has 0 saturated heterocycles. The molecule has 2 aromatic rings. The first-order chi connectivity index (χ1) is 14.4. The molecule has 0 fully saturated rings. The van der Waals surface area contributed by atoms with E-state index in [1.165, 1.54) is 35.9 Å². The molecule has 0 radical (unpaired) electrons. The van der Waals surface area contributed by atoms with Crippen molar-refractivity contribution in [3.05, 3.63) is 41.2 Å². The van der Waals surface area contributed by atoms with Gasteiger partial charge in [-0.2, -0.15) is 18.3 Å². The standard InChI is InChI=1S/C19H23F3N4O4S/c1-25(2)13-6-12(19(20,21)22)7-14(8-13)31(29,30)11-23-16-4-3-5-17-15(16)9-24-26(17)10-18(27)28/h6-9,16,23H,3-5,10-11H2,1-2H3,(H,27,28)/t16-/m1/s1. The quantitative estimate of drug-likeness (QED) is 0.654. The second-order valence-corrected chi connectivity index (χ2v) is 9.60. The molecule has 0 aliphatic heterocycles. The first-order valence-corrected chi connectivity index (χ1v) is 11.2. The van der Waals surface area contributed by atoms with Gasteiger partial charge in [-0.25, -0.2) is 8.42 Å². The summed E-state index contributed by atoms with van der Waals surface area (Å²) in [4.78, 5) is 12.0. The fourth-order valence-electron chi connectivity index (χ4n) is 3.57. The predicted octanol–water partition coefficient (Wildman–Crippen LogP) is 2.45. The molecule has 0 amide bonds. The van der Waals surface area contributed by atoms with E-state index in [2.05, 4.69) is 10.4 Å². The number of aromatic nitrogens is 2. The van der Waals surface area contributed by atoms with E-state index in [1.807, 2.05) is 0 Å². The Balaban J connectivity index is 1.84. The van der Waals surface area contributed by atoms with Crippen LogP contribution in [0.25, 0.3) is 0 Å². The Hall–Kier alpha value is -2.60. The lowest BCUT2D eigenvalue weighted by atomic mass is 9.93. The molecule has 1 aromatic carbocycles. The third-order valence-corrected chi connectivity index (χ3v) is 6.66. The SMILES string of the molecule is CN(C)c1cc(C(F)(F)F)cc(S(=O)(=O)CN[C@@H]2CCCc3c2cnn3CC(=O)O)c1. The summed E-state index contributed by atoms with van der Waals surface area (Å²) in [6.07, 6.45) is -1.25. The smallest absolute Gasteiger partial charge is 0.416 e. The van der Waals surface area contributed by atoms with Crippen molar-refractivity contribution in [3.8, 4) is 0 Å². The number of alkyl halides is 3. The van der Waals surface area contributed by atoms with Crippen LogP contribution in [0.4, 0.5) is 18.9 Å². The predicted molar refractivity (Wildman–Crippen MR) is 107 cm³/mol. The fraction of sp³-hybridized carbons (Fsp3) is 0.474. The maximum atomic E-state index is 13.3. The number of rotatable bonds is 7. The average molecular weight is 460 g/mol. The van der Waals surface area contributed by atoms with Gasteiger partial charge < -0.3 is 10.0 Å². The van der Waals surface area contributed by atoms with E-state index in [0.29, 0.717) is 30.9 Å². The van der Waals surface area contributed by atoms with Gasteiger partial charge in [-0.3, -0.25) is 14.8 Å². The summed E-state index contributed by atoms with van der Waals surface area (Å²) in [6, 6.07) is 2.36. The van der Waals surface area contributed by atoms with Crippen molar-refractivity contribution in [1.82, 2.24) is 15.1 Å².